The molecule has 0 atom stereocenters. The molecule has 2 aromatic heterocycles. The van der Waals surface area contributed by atoms with Crippen LogP contribution in [0.25, 0.3) is 99.5 Å². The number of nitrogens with one attached hydrogen (secondary N) is 2. The van der Waals surface area contributed by atoms with Gasteiger partial charge >= 0.3 is 0 Å². The number of hydrogen-bond acceptors (Lipinski definition) is 3. The molecule has 3 heterocycles. The third-order valence-corrected chi connectivity index (χ3v) is 16.1. The van der Waals surface area contributed by atoms with Gasteiger partial charge in [0.2, 0.25) is 0 Å². The van der Waals surface area contributed by atoms with Crippen LogP contribution in [0.4, 0.5) is 34.1 Å². The zero-order valence-electron chi connectivity index (χ0n) is 45.5. The van der Waals surface area contributed by atoms with Crippen molar-refractivity contribution in [3.63, 3.8) is 0 Å². The van der Waals surface area contributed by atoms with Gasteiger partial charge in [0, 0.05) is 84.2 Å². The molecule has 0 amide bonds. The normalized spacial score (nSPS) is 13.4. The lowest BCUT2D eigenvalue weighted by atomic mass is 9.93. The SMILES string of the molecule is C=C1/C=C(c2cccc(-n3c4ccccc4c4cc(Nc5ccccc5)c(-c5ccccc5)cc43)c2)\C=C/N(c2ccccc2)c2ccc(-c3cccc(-n4c5ccccc5c5cc(Nc6ccccc6)c(-c6ccccc6)cc54)c3)cc21. The lowest BCUT2D eigenvalue weighted by Crippen LogP contribution is -2.12. The lowest BCUT2D eigenvalue weighted by molar-refractivity contribution is 1.18. The van der Waals surface area contributed by atoms with Crippen LogP contribution >= 0.6 is 0 Å². The van der Waals surface area contributed by atoms with Crippen molar-refractivity contribution in [3.05, 3.63) is 327 Å². The summed E-state index contributed by atoms with van der Waals surface area (Å²) in [4.78, 5) is 2.29. The molecule has 0 aliphatic carbocycles. The Morgan fingerprint density at radius 3 is 1.28 bits per heavy atom. The first-order valence-corrected chi connectivity index (χ1v) is 28.2. The molecule has 0 spiro atoms. The first-order valence-electron chi connectivity index (χ1n) is 28.2. The van der Waals surface area contributed by atoms with Gasteiger partial charge in [0.15, 0.2) is 0 Å². The van der Waals surface area contributed by atoms with Gasteiger partial charge in [0.1, 0.15) is 0 Å². The molecular formula is C78H55N5. The molecule has 0 unspecified atom stereocenters. The average molecular weight is 1060 g/mol. The number of rotatable bonds is 11. The Labute approximate surface area is 482 Å². The largest absolute Gasteiger partial charge is 0.355 e. The van der Waals surface area contributed by atoms with Gasteiger partial charge in [0.05, 0.1) is 27.8 Å². The van der Waals surface area contributed by atoms with Crippen molar-refractivity contribution in [2.45, 2.75) is 0 Å². The van der Waals surface area contributed by atoms with E-state index in [0.717, 1.165) is 123 Å². The van der Waals surface area contributed by atoms with Crippen molar-refractivity contribution in [1.29, 1.82) is 0 Å². The van der Waals surface area contributed by atoms with Gasteiger partial charge in [-0.3, -0.25) is 0 Å². The van der Waals surface area contributed by atoms with Crippen molar-refractivity contribution < 1.29 is 0 Å². The Bertz CT molecular complexity index is 4840. The third-order valence-electron chi connectivity index (χ3n) is 16.1. The third kappa shape index (κ3) is 9.03. The Morgan fingerprint density at radius 1 is 0.301 bits per heavy atom. The Balaban J connectivity index is 0.838. The summed E-state index contributed by atoms with van der Waals surface area (Å²) in [5.74, 6) is 0. The molecule has 5 heteroatoms. The second kappa shape index (κ2) is 20.8. The van der Waals surface area contributed by atoms with Crippen molar-refractivity contribution >= 4 is 88.9 Å². The number of aromatic nitrogens is 2. The fourth-order valence-electron chi connectivity index (χ4n) is 12.2. The van der Waals surface area contributed by atoms with E-state index in [0.29, 0.717) is 0 Å². The highest BCUT2D eigenvalue weighted by atomic mass is 15.1. The number of nitrogens with zero attached hydrogens (tertiary/aromatic N) is 3. The van der Waals surface area contributed by atoms with E-state index in [1.165, 1.54) is 21.5 Å². The van der Waals surface area contributed by atoms with E-state index in [-0.39, 0.29) is 0 Å². The van der Waals surface area contributed by atoms with Crippen molar-refractivity contribution in [1.82, 2.24) is 9.13 Å². The molecule has 14 aromatic rings. The minimum atomic E-state index is 0.919. The van der Waals surface area contributed by atoms with Gasteiger partial charge in [-0.1, -0.05) is 189 Å². The number of benzene rings is 12. The van der Waals surface area contributed by atoms with Crippen molar-refractivity contribution in [2.24, 2.45) is 0 Å². The van der Waals surface area contributed by atoms with E-state index in [1.54, 1.807) is 0 Å². The molecule has 12 aromatic carbocycles. The van der Waals surface area contributed by atoms with E-state index in [9.17, 15) is 0 Å². The second-order valence-electron chi connectivity index (χ2n) is 21.2. The number of hydrogen-bond donors (Lipinski definition) is 2. The highest BCUT2D eigenvalue weighted by Crippen LogP contribution is 2.45. The second-order valence-corrected chi connectivity index (χ2v) is 21.2. The summed E-state index contributed by atoms with van der Waals surface area (Å²) in [5.41, 5.74) is 23.9. The van der Waals surface area contributed by atoms with Gasteiger partial charge in [-0.05, 0) is 160 Å². The van der Waals surface area contributed by atoms with E-state index < -0.39 is 0 Å². The molecule has 5 nitrogen and oxygen atoms in total. The summed E-state index contributed by atoms with van der Waals surface area (Å²) < 4.78 is 4.84. The van der Waals surface area contributed by atoms with Gasteiger partial charge in [-0.15, -0.1) is 0 Å². The standard InChI is InChI=1S/C78H55N5/c1-53-45-59(57-28-22-36-64(47-57)83-76-40-20-18-38-66(76)71-50-73(80-61-31-13-5-14-32-61)69(52-78(71)83)55-25-9-3-10-26-55)43-44-81(62-33-15-6-16-34-62)74-42-41-58(48-67(53)74)56-27-21-35-63(46-56)82-75-39-19-17-37-65(75)70-49-72(79-60-29-11-4-12-30-60)68(51-77(70)82)54-23-7-2-8-24-54/h2-52,79-80H,1H2/b44-43-,59-45+. The monoisotopic (exact) mass is 1060 g/mol. The molecule has 0 bridgehead atoms. The van der Waals surface area contributed by atoms with Crippen LogP contribution in [0, 0.1) is 0 Å². The van der Waals surface area contributed by atoms with E-state index in [1.807, 2.05) is 0 Å². The van der Waals surface area contributed by atoms with Crippen LogP contribution in [-0.4, -0.2) is 9.13 Å². The molecule has 1 aliphatic heterocycles. The lowest BCUT2D eigenvalue weighted by Gasteiger charge is -2.27. The predicted molar refractivity (Wildman–Crippen MR) is 352 cm³/mol. The number of allylic oxidation sites excluding steroid dienone is 4. The number of anilines is 6. The first-order chi connectivity index (χ1) is 41.1. The summed E-state index contributed by atoms with van der Waals surface area (Å²) >= 11 is 0. The number of para-hydroxylation sites is 5. The van der Waals surface area contributed by atoms with Crippen LogP contribution in [0.2, 0.25) is 0 Å². The molecule has 392 valence electrons. The summed E-state index contributed by atoms with van der Waals surface area (Å²) in [7, 11) is 0. The van der Waals surface area contributed by atoms with Crippen LogP contribution < -0.4 is 15.5 Å². The molecule has 1 aliphatic rings. The van der Waals surface area contributed by atoms with Crippen LogP contribution in [0.5, 0.6) is 0 Å². The van der Waals surface area contributed by atoms with E-state index in [4.69, 9.17) is 6.58 Å². The molecule has 2 N–H and O–H groups in total. The predicted octanol–water partition coefficient (Wildman–Crippen LogP) is 21.1. The maximum Gasteiger partial charge on any atom is 0.0548 e. The molecule has 0 saturated heterocycles. The van der Waals surface area contributed by atoms with Crippen LogP contribution in [0.3, 0.4) is 0 Å². The topological polar surface area (TPSA) is 37.2 Å². The quantitative estimate of drug-likeness (QED) is 0.136. The maximum absolute atomic E-state index is 4.86. The highest BCUT2D eigenvalue weighted by Gasteiger charge is 2.22. The molecule has 15 rings (SSSR count). The van der Waals surface area contributed by atoms with Gasteiger partial charge in [-0.2, -0.15) is 0 Å². The Kier molecular flexibility index (Phi) is 12.3. The van der Waals surface area contributed by atoms with Gasteiger partial charge in [0.25, 0.3) is 0 Å². The Morgan fingerprint density at radius 2 is 0.735 bits per heavy atom. The number of fused-ring (bicyclic) bond motifs is 7. The summed E-state index contributed by atoms with van der Waals surface area (Å²) in [6, 6.07) is 104. The van der Waals surface area contributed by atoms with E-state index >= 15 is 0 Å². The summed E-state index contributed by atoms with van der Waals surface area (Å²) in [6.07, 6.45) is 6.69. The van der Waals surface area contributed by atoms with Crippen molar-refractivity contribution in [3.8, 4) is 44.8 Å². The summed E-state index contributed by atoms with van der Waals surface area (Å²) in [6.45, 7) is 4.86. The highest BCUT2D eigenvalue weighted by molar-refractivity contribution is 6.14. The van der Waals surface area contributed by atoms with Crippen molar-refractivity contribution in [2.75, 3.05) is 15.5 Å². The minimum absolute atomic E-state index is 0.919. The van der Waals surface area contributed by atoms with Crippen LogP contribution in [-0.2, 0) is 0 Å². The summed E-state index contributed by atoms with van der Waals surface area (Å²) in [5, 5.41) is 12.3. The smallest absolute Gasteiger partial charge is 0.0548 e. The first kappa shape index (κ1) is 48.9. The zero-order valence-corrected chi connectivity index (χ0v) is 45.5. The molecule has 83 heavy (non-hydrogen) atoms. The minimum Gasteiger partial charge on any atom is -0.355 e. The van der Waals surface area contributed by atoms with Gasteiger partial charge < -0.3 is 24.7 Å². The van der Waals surface area contributed by atoms with Gasteiger partial charge in [-0.25, -0.2) is 0 Å². The van der Waals surface area contributed by atoms with E-state index in [2.05, 4.69) is 334 Å². The fourth-order valence-corrected chi connectivity index (χ4v) is 12.2. The molecular weight excluding hydrogens is 1010 g/mol. The molecule has 0 radical (unpaired) electrons. The maximum atomic E-state index is 4.86. The van der Waals surface area contributed by atoms with Crippen LogP contribution in [0.15, 0.2) is 316 Å². The zero-order chi connectivity index (χ0) is 55.2. The average Bonchev–Trinajstić information content (AvgIpc) is 3.76. The van der Waals surface area contributed by atoms with Crippen LogP contribution in [0.1, 0.15) is 11.1 Å². The fraction of sp³-hybridized carbons (Fsp3) is 0. The molecule has 0 saturated carbocycles. The molecule has 0 fully saturated rings. The Hall–Kier alpha value is -11.1.